The first kappa shape index (κ1) is 19.8. The third kappa shape index (κ3) is 6.79. The van der Waals surface area contributed by atoms with Crippen LogP contribution in [0.2, 0.25) is 0 Å². The number of Topliss-reactive ketones (excluding diaryl/α,β-unsaturated/α-hetero) is 2. The van der Waals surface area contributed by atoms with E-state index in [1.165, 1.54) is 37.8 Å². The summed E-state index contributed by atoms with van der Waals surface area (Å²) in [5.74, 6) is -1.18. The molecule has 0 amide bonds. The zero-order valence-electron chi connectivity index (χ0n) is 13.7. The number of carbonyl (C=O) groups excluding carboxylic acids is 2. The van der Waals surface area contributed by atoms with E-state index in [2.05, 4.69) is 6.92 Å². The van der Waals surface area contributed by atoms with Gasteiger partial charge in [-0.25, -0.2) is 0 Å². The summed E-state index contributed by atoms with van der Waals surface area (Å²) in [5, 5.41) is -1.65. The number of hydrogen-bond acceptors (Lipinski definition) is 4. The van der Waals surface area contributed by atoms with Gasteiger partial charge in [-0.3, -0.25) is 14.1 Å². The lowest BCUT2D eigenvalue weighted by Gasteiger charge is -2.14. The van der Waals surface area contributed by atoms with Crippen LogP contribution in [0.5, 0.6) is 0 Å². The smallest absolute Gasteiger partial charge is 0.279 e. The number of unbranched alkanes of at least 4 members (excludes halogenated alkanes) is 7. The van der Waals surface area contributed by atoms with Crippen molar-refractivity contribution >= 4 is 21.7 Å². The van der Waals surface area contributed by atoms with Crippen LogP contribution in [0.4, 0.5) is 0 Å². The maximum Gasteiger partial charge on any atom is 0.279 e. The van der Waals surface area contributed by atoms with Gasteiger partial charge in [0.15, 0.2) is 16.8 Å². The largest absolute Gasteiger partial charge is 0.294 e. The quantitative estimate of drug-likeness (QED) is 0.353. The maximum atomic E-state index is 12.1. The predicted molar refractivity (Wildman–Crippen MR) is 89.8 cm³/mol. The molecule has 0 spiro atoms. The molecule has 1 aliphatic carbocycles. The van der Waals surface area contributed by atoms with Gasteiger partial charge in [-0.05, 0) is 12.5 Å². The zero-order chi connectivity index (χ0) is 17.3. The minimum absolute atomic E-state index is 0.127. The second-order valence-corrected chi connectivity index (χ2v) is 7.45. The molecule has 1 unspecified atom stereocenters. The van der Waals surface area contributed by atoms with Crippen LogP contribution < -0.4 is 0 Å². The fraction of sp³-hybridized carbons (Fsp3) is 0.647. The van der Waals surface area contributed by atoms with Crippen molar-refractivity contribution in [3.8, 4) is 0 Å². The van der Waals surface area contributed by atoms with Crippen molar-refractivity contribution in [1.82, 2.24) is 0 Å². The Bertz CT molecular complexity index is 572. The molecule has 0 aromatic rings. The maximum absolute atomic E-state index is 12.1. The Kier molecular flexibility index (Phi) is 8.41. The summed E-state index contributed by atoms with van der Waals surface area (Å²) in [6.07, 6.45) is 12.8. The van der Waals surface area contributed by atoms with Crippen LogP contribution in [0.25, 0.3) is 0 Å². The summed E-state index contributed by atoms with van der Waals surface area (Å²) in [7, 11) is -4.51. The Morgan fingerprint density at radius 3 is 2.22 bits per heavy atom. The van der Waals surface area contributed by atoms with Crippen molar-refractivity contribution in [3.05, 3.63) is 23.8 Å². The fourth-order valence-corrected chi connectivity index (χ4v) is 3.28. The molecular formula is C17H26O5S. The highest BCUT2D eigenvalue weighted by Gasteiger charge is 2.34. The Labute approximate surface area is 138 Å². The summed E-state index contributed by atoms with van der Waals surface area (Å²) in [6.45, 7) is 2.18. The molecule has 0 fully saturated rings. The molecule has 5 nitrogen and oxygen atoms in total. The van der Waals surface area contributed by atoms with Crippen molar-refractivity contribution in [2.45, 2.75) is 70.0 Å². The van der Waals surface area contributed by atoms with Crippen molar-refractivity contribution in [3.63, 3.8) is 0 Å². The lowest BCUT2D eigenvalue weighted by molar-refractivity contribution is -0.121. The molecule has 1 N–H and O–H groups in total. The molecule has 6 heteroatoms. The topological polar surface area (TPSA) is 88.5 Å². The summed E-state index contributed by atoms with van der Waals surface area (Å²) in [4.78, 5) is 24.0. The van der Waals surface area contributed by atoms with Gasteiger partial charge >= 0.3 is 0 Å². The van der Waals surface area contributed by atoms with Crippen LogP contribution in [0, 0.1) is 0 Å². The van der Waals surface area contributed by atoms with Crippen LogP contribution in [-0.4, -0.2) is 29.8 Å². The van der Waals surface area contributed by atoms with Crippen LogP contribution in [-0.2, 0) is 19.7 Å². The number of ketones is 2. The van der Waals surface area contributed by atoms with E-state index in [4.69, 9.17) is 4.55 Å². The molecule has 1 atom stereocenters. The minimum atomic E-state index is -4.51. The average Bonchev–Trinajstić information content (AvgIpc) is 2.48. The van der Waals surface area contributed by atoms with Gasteiger partial charge in [0.25, 0.3) is 10.1 Å². The highest BCUT2D eigenvalue weighted by Crippen LogP contribution is 2.18. The first-order valence-electron chi connectivity index (χ1n) is 8.30. The molecule has 1 aliphatic rings. The van der Waals surface area contributed by atoms with E-state index in [0.29, 0.717) is 6.42 Å². The Morgan fingerprint density at radius 1 is 1.09 bits per heavy atom. The Hall–Kier alpha value is -1.27. The van der Waals surface area contributed by atoms with Gasteiger partial charge in [-0.15, -0.1) is 0 Å². The lowest BCUT2D eigenvalue weighted by atomic mass is 9.95. The molecule has 0 saturated carbocycles. The predicted octanol–water partition coefficient (Wildman–Crippen LogP) is 3.41. The number of allylic oxidation sites excluding steroid dienone is 3. The molecule has 130 valence electrons. The Balaban J connectivity index is 2.34. The number of carbonyl (C=O) groups is 2. The second kappa shape index (κ2) is 9.78. The highest BCUT2D eigenvalue weighted by atomic mass is 32.2. The summed E-state index contributed by atoms with van der Waals surface area (Å²) in [6, 6.07) is 0. The molecule has 0 bridgehead atoms. The normalized spacial score (nSPS) is 18.1. The van der Waals surface area contributed by atoms with Crippen molar-refractivity contribution in [1.29, 1.82) is 0 Å². The van der Waals surface area contributed by atoms with E-state index < -0.39 is 21.2 Å². The van der Waals surface area contributed by atoms with Gasteiger partial charge in [0.05, 0.1) is 5.57 Å². The number of hydrogen-bond donors (Lipinski definition) is 1. The summed E-state index contributed by atoms with van der Waals surface area (Å²) < 4.78 is 31.2. The minimum Gasteiger partial charge on any atom is -0.294 e. The van der Waals surface area contributed by atoms with Gasteiger partial charge < -0.3 is 0 Å². The third-order valence-corrected chi connectivity index (χ3v) is 4.96. The van der Waals surface area contributed by atoms with E-state index in [1.54, 1.807) is 0 Å². The first-order chi connectivity index (χ1) is 10.9. The standard InChI is InChI=1S/C17H26O5S/c1-2-3-4-5-6-7-8-9-12-15(18)14-11-10-13-16(17(14)19)23(20,21)22/h10-11,13,16H,2-9,12H2,1H3,(H,20,21,22). The van der Waals surface area contributed by atoms with E-state index in [9.17, 15) is 18.0 Å². The van der Waals surface area contributed by atoms with E-state index >= 15 is 0 Å². The lowest BCUT2D eigenvalue weighted by Crippen LogP contribution is -2.33. The van der Waals surface area contributed by atoms with Crippen molar-refractivity contribution in [2.24, 2.45) is 0 Å². The molecular weight excluding hydrogens is 316 g/mol. The SMILES string of the molecule is CCCCCCCCCCC(=O)C1=CC=CC(S(=O)(=O)O)C1=O. The van der Waals surface area contributed by atoms with Crippen LogP contribution >= 0.6 is 0 Å². The number of rotatable bonds is 11. The molecule has 0 saturated heterocycles. The second-order valence-electron chi connectivity index (χ2n) is 5.91. The highest BCUT2D eigenvalue weighted by molar-refractivity contribution is 7.87. The monoisotopic (exact) mass is 342 g/mol. The fourth-order valence-electron chi connectivity index (χ4n) is 2.59. The van der Waals surface area contributed by atoms with Gasteiger partial charge in [0.1, 0.15) is 0 Å². The molecule has 0 aliphatic heterocycles. The van der Waals surface area contributed by atoms with E-state index in [-0.39, 0.29) is 17.8 Å². The van der Waals surface area contributed by atoms with E-state index in [0.717, 1.165) is 25.3 Å². The molecule has 0 heterocycles. The van der Waals surface area contributed by atoms with Crippen LogP contribution in [0.3, 0.4) is 0 Å². The summed E-state index contributed by atoms with van der Waals surface area (Å²) >= 11 is 0. The third-order valence-electron chi connectivity index (χ3n) is 3.95. The molecule has 1 rings (SSSR count). The molecule has 0 radical (unpaired) electrons. The van der Waals surface area contributed by atoms with Crippen molar-refractivity contribution in [2.75, 3.05) is 0 Å². The van der Waals surface area contributed by atoms with Crippen molar-refractivity contribution < 1.29 is 22.6 Å². The first-order valence-corrected chi connectivity index (χ1v) is 9.80. The molecule has 23 heavy (non-hydrogen) atoms. The molecule has 0 aromatic heterocycles. The Morgan fingerprint density at radius 2 is 1.65 bits per heavy atom. The zero-order valence-corrected chi connectivity index (χ0v) is 14.5. The van der Waals surface area contributed by atoms with Gasteiger partial charge in [-0.1, -0.05) is 64.0 Å². The van der Waals surface area contributed by atoms with E-state index in [1.807, 2.05) is 0 Å². The van der Waals surface area contributed by atoms with Gasteiger partial charge in [0.2, 0.25) is 0 Å². The molecule has 0 aromatic carbocycles. The van der Waals surface area contributed by atoms with Crippen LogP contribution in [0.15, 0.2) is 23.8 Å². The average molecular weight is 342 g/mol. The van der Waals surface area contributed by atoms with Gasteiger partial charge in [-0.2, -0.15) is 8.42 Å². The van der Waals surface area contributed by atoms with Gasteiger partial charge in [0, 0.05) is 6.42 Å². The summed E-state index contributed by atoms with van der Waals surface area (Å²) in [5.41, 5.74) is -0.127. The van der Waals surface area contributed by atoms with Crippen LogP contribution in [0.1, 0.15) is 64.7 Å².